The molecule has 0 atom stereocenters. The van der Waals surface area contributed by atoms with Crippen LogP contribution in [0.5, 0.6) is 0 Å². The van der Waals surface area contributed by atoms with Crippen molar-refractivity contribution in [2.75, 3.05) is 0 Å². The Morgan fingerprint density at radius 2 is 2.05 bits per heavy atom. The molecule has 0 saturated carbocycles. The van der Waals surface area contributed by atoms with Crippen molar-refractivity contribution in [1.82, 2.24) is 19.7 Å². The topological polar surface area (TPSA) is 99.9 Å². The summed E-state index contributed by atoms with van der Waals surface area (Å²) in [5.74, 6) is 0.717. The SMILES string of the molecule is Cn1cncc1-c1noc(-c2ccc([N+](=O)[O-])cc2)n1. The van der Waals surface area contributed by atoms with Crippen LogP contribution in [0.2, 0.25) is 0 Å². The first-order valence-electron chi connectivity index (χ1n) is 5.70. The van der Waals surface area contributed by atoms with E-state index in [1.165, 1.54) is 12.1 Å². The number of hydrogen-bond acceptors (Lipinski definition) is 6. The first-order chi connectivity index (χ1) is 9.65. The largest absolute Gasteiger partial charge is 0.334 e. The third kappa shape index (κ3) is 2.03. The number of nitrogens with zero attached hydrogens (tertiary/aromatic N) is 5. The number of aryl methyl sites for hydroxylation is 1. The van der Waals surface area contributed by atoms with Crippen molar-refractivity contribution in [2.24, 2.45) is 7.05 Å². The molecule has 0 spiro atoms. The van der Waals surface area contributed by atoms with Crippen molar-refractivity contribution >= 4 is 5.69 Å². The molecule has 0 fully saturated rings. The van der Waals surface area contributed by atoms with E-state index < -0.39 is 4.92 Å². The minimum Gasteiger partial charge on any atom is -0.334 e. The van der Waals surface area contributed by atoms with Crippen LogP contribution in [-0.4, -0.2) is 24.6 Å². The number of aromatic nitrogens is 4. The van der Waals surface area contributed by atoms with Gasteiger partial charge in [-0.25, -0.2) is 4.98 Å². The zero-order chi connectivity index (χ0) is 14.1. The number of nitro benzene ring substituents is 1. The van der Waals surface area contributed by atoms with Crippen LogP contribution in [0.4, 0.5) is 5.69 Å². The van der Waals surface area contributed by atoms with Gasteiger partial charge in [0.25, 0.3) is 11.6 Å². The molecule has 0 bridgehead atoms. The van der Waals surface area contributed by atoms with Gasteiger partial charge in [0.1, 0.15) is 5.69 Å². The van der Waals surface area contributed by atoms with Crippen molar-refractivity contribution in [2.45, 2.75) is 0 Å². The van der Waals surface area contributed by atoms with E-state index in [-0.39, 0.29) is 5.69 Å². The van der Waals surface area contributed by atoms with Gasteiger partial charge in [-0.05, 0) is 12.1 Å². The molecule has 0 unspecified atom stereocenters. The van der Waals surface area contributed by atoms with Crippen LogP contribution in [-0.2, 0) is 7.05 Å². The molecule has 0 aliphatic carbocycles. The zero-order valence-corrected chi connectivity index (χ0v) is 10.4. The fourth-order valence-corrected chi connectivity index (χ4v) is 1.74. The number of nitro groups is 1. The summed E-state index contributed by atoms with van der Waals surface area (Å²) in [6.45, 7) is 0. The fraction of sp³-hybridized carbons (Fsp3) is 0.0833. The van der Waals surface area contributed by atoms with Gasteiger partial charge >= 0.3 is 0 Å². The second kappa shape index (κ2) is 4.57. The average Bonchev–Trinajstić information content (AvgIpc) is 3.07. The van der Waals surface area contributed by atoms with E-state index in [0.29, 0.717) is 17.3 Å². The maximum absolute atomic E-state index is 10.6. The molecule has 0 aliphatic rings. The first-order valence-corrected chi connectivity index (χ1v) is 5.70. The van der Waals surface area contributed by atoms with Crippen LogP contribution in [0.1, 0.15) is 0 Å². The van der Waals surface area contributed by atoms with Crippen molar-refractivity contribution < 1.29 is 9.45 Å². The Hall–Kier alpha value is -3.03. The molecule has 0 aliphatic heterocycles. The van der Waals surface area contributed by atoms with Gasteiger partial charge in [0.05, 0.1) is 17.4 Å². The highest BCUT2D eigenvalue weighted by Gasteiger charge is 2.14. The molecular weight excluding hydrogens is 262 g/mol. The molecular formula is C12H9N5O3. The summed E-state index contributed by atoms with van der Waals surface area (Å²) in [4.78, 5) is 18.4. The lowest BCUT2D eigenvalue weighted by atomic mass is 10.2. The molecule has 8 heteroatoms. The number of rotatable bonds is 3. The lowest BCUT2D eigenvalue weighted by molar-refractivity contribution is -0.384. The predicted octanol–water partition coefficient (Wildman–Crippen LogP) is 2.05. The van der Waals surface area contributed by atoms with Crippen LogP contribution in [0.25, 0.3) is 23.0 Å². The molecule has 8 nitrogen and oxygen atoms in total. The molecule has 1 aromatic carbocycles. The van der Waals surface area contributed by atoms with Crippen LogP contribution in [0.3, 0.4) is 0 Å². The van der Waals surface area contributed by atoms with Gasteiger partial charge in [-0.3, -0.25) is 10.1 Å². The molecule has 20 heavy (non-hydrogen) atoms. The van der Waals surface area contributed by atoms with Crippen molar-refractivity contribution in [3.05, 3.63) is 46.9 Å². The minimum absolute atomic E-state index is 0.0140. The van der Waals surface area contributed by atoms with Gasteiger partial charge in [0, 0.05) is 24.7 Å². The molecule has 0 amide bonds. The van der Waals surface area contributed by atoms with Crippen molar-refractivity contribution in [3.63, 3.8) is 0 Å². The maximum atomic E-state index is 10.6. The molecule has 0 radical (unpaired) electrons. The van der Waals surface area contributed by atoms with Crippen LogP contribution >= 0.6 is 0 Å². The number of non-ortho nitro benzene ring substituents is 1. The highest BCUT2D eigenvalue weighted by atomic mass is 16.6. The molecule has 3 rings (SSSR count). The summed E-state index contributed by atoms with van der Waals surface area (Å²) in [5.41, 5.74) is 1.36. The summed E-state index contributed by atoms with van der Waals surface area (Å²) in [7, 11) is 1.82. The summed E-state index contributed by atoms with van der Waals surface area (Å²) < 4.78 is 6.93. The van der Waals surface area contributed by atoms with E-state index in [1.54, 1.807) is 29.2 Å². The third-order valence-electron chi connectivity index (χ3n) is 2.80. The Morgan fingerprint density at radius 1 is 1.30 bits per heavy atom. The number of imidazole rings is 1. The van der Waals surface area contributed by atoms with Gasteiger partial charge in [-0.2, -0.15) is 4.98 Å². The summed E-state index contributed by atoms with van der Waals surface area (Å²) in [6.07, 6.45) is 3.27. The lowest BCUT2D eigenvalue weighted by Gasteiger charge is -1.94. The fourth-order valence-electron chi connectivity index (χ4n) is 1.74. The lowest BCUT2D eigenvalue weighted by Crippen LogP contribution is -1.90. The first kappa shape index (κ1) is 12.0. The summed E-state index contributed by atoms with van der Waals surface area (Å²) in [6, 6.07) is 5.92. The molecule has 2 aromatic heterocycles. The van der Waals surface area contributed by atoms with Gasteiger partial charge in [0.15, 0.2) is 0 Å². The van der Waals surface area contributed by atoms with Crippen molar-refractivity contribution in [3.8, 4) is 23.0 Å². The smallest absolute Gasteiger partial charge is 0.269 e. The monoisotopic (exact) mass is 271 g/mol. The van der Waals surface area contributed by atoms with Gasteiger partial charge in [0.2, 0.25) is 5.82 Å². The quantitative estimate of drug-likeness (QED) is 0.533. The maximum Gasteiger partial charge on any atom is 0.269 e. The van der Waals surface area contributed by atoms with E-state index in [4.69, 9.17) is 4.52 Å². The number of hydrogen-bond donors (Lipinski definition) is 0. The molecule has 100 valence electrons. The van der Waals surface area contributed by atoms with Gasteiger partial charge in [-0.1, -0.05) is 5.16 Å². The minimum atomic E-state index is -0.460. The zero-order valence-electron chi connectivity index (χ0n) is 10.4. The third-order valence-corrected chi connectivity index (χ3v) is 2.80. The van der Waals surface area contributed by atoms with Crippen molar-refractivity contribution in [1.29, 1.82) is 0 Å². The summed E-state index contributed by atoms with van der Waals surface area (Å²) >= 11 is 0. The van der Waals surface area contributed by atoms with Gasteiger partial charge < -0.3 is 9.09 Å². The molecule has 2 heterocycles. The van der Waals surface area contributed by atoms with E-state index in [2.05, 4.69) is 15.1 Å². The highest BCUT2D eigenvalue weighted by molar-refractivity contribution is 5.58. The standard InChI is InChI=1S/C12H9N5O3/c1-16-7-13-6-10(16)11-14-12(20-15-11)8-2-4-9(5-3-8)17(18)19/h2-7H,1H3. The summed E-state index contributed by atoms with van der Waals surface area (Å²) in [5, 5.41) is 14.5. The van der Waals surface area contributed by atoms with E-state index in [1.807, 2.05) is 7.05 Å². The average molecular weight is 271 g/mol. The Bertz CT molecular complexity index is 760. The molecule has 3 aromatic rings. The Labute approximate surface area is 112 Å². The number of benzene rings is 1. The second-order valence-corrected chi connectivity index (χ2v) is 4.12. The Kier molecular flexibility index (Phi) is 2.75. The van der Waals surface area contributed by atoms with Crippen LogP contribution in [0.15, 0.2) is 41.3 Å². The highest BCUT2D eigenvalue weighted by Crippen LogP contribution is 2.23. The second-order valence-electron chi connectivity index (χ2n) is 4.12. The van der Waals surface area contributed by atoms with E-state index in [0.717, 1.165) is 5.69 Å². The van der Waals surface area contributed by atoms with E-state index in [9.17, 15) is 10.1 Å². The van der Waals surface area contributed by atoms with Gasteiger partial charge in [-0.15, -0.1) is 0 Å². The Balaban J connectivity index is 1.94. The Morgan fingerprint density at radius 3 is 2.65 bits per heavy atom. The predicted molar refractivity (Wildman–Crippen MR) is 68.6 cm³/mol. The normalized spacial score (nSPS) is 10.7. The van der Waals surface area contributed by atoms with Crippen LogP contribution in [0, 0.1) is 10.1 Å². The molecule has 0 N–H and O–H groups in total. The van der Waals surface area contributed by atoms with Crippen LogP contribution < -0.4 is 0 Å². The van der Waals surface area contributed by atoms with E-state index >= 15 is 0 Å². The molecule has 0 saturated heterocycles.